The fourth-order valence-corrected chi connectivity index (χ4v) is 2.88. The molecule has 0 spiro atoms. The molecule has 98 valence electrons. The van der Waals surface area contributed by atoms with Gasteiger partial charge in [-0.1, -0.05) is 18.2 Å². The van der Waals surface area contributed by atoms with E-state index in [2.05, 4.69) is 28.8 Å². The number of hydrogen-bond donors (Lipinski definition) is 2. The van der Waals surface area contributed by atoms with Gasteiger partial charge in [-0.2, -0.15) is 0 Å². The van der Waals surface area contributed by atoms with Crippen molar-refractivity contribution in [3.63, 3.8) is 0 Å². The van der Waals surface area contributed by atoms with Crippen LogP contribution in [0.15, 0.2) is 18.2 Å². The van der Waals surface area contributed by atoms with Gasteiger partial charge in [-0.15, -0.1) is 0 Å². The Balaban J connectivity index is 1.48. The van der Waals surface area contributed by atoms with Crippen LogP contribution in [0.4, 0.5) is 0 Å². The minimum Gasteiger partial charge on any atom is -0.378 e. The van der Waals surface area contributed by atoms with Crippen LogP contribution in [0.1, 0.15) is 23.1 Å². The highest BCUT2D eigenvalue weighted by atomic mass is 16.5. The van der Waals surface area contributed by atoms with Crippen LogP contribution in [0.25, 0.3) is 0 Å². The molecular weight excluding hydrogens is 224 g/mol. The van der Waals surface area contributed by atoms with Gasteiger partial charge in [0, 0.05) is 25.7 Å². The highest BCUT2D eigenvalue weighted by Gasteiger charge is 2.13. The van der Waals surface area contributed by atoms with E-state index in [0.717, 1.165) is 32.8 Å². The molecule has 2 N–H and O–H groups in total. The van der Waals surface area contributed by atoms with Crippen molar-refractivity contribution in [2.45, 2.75) is 31.8 Å². The van der Waals surface area contributed by atoms with Crippen LogP contribution >= 0.6 is 0 Å². The highest BCUT2D eigenvalue weighted by molar-refractivity contribution is 5.35. The molecule has 3 rings (SSSR count). The molecule has 1 fully saturated rings. The van der Waals surface area contributed by atoms with Gasteiger partial charge in [-0.25, -0.2) is 0 Å². The number of hydrogen-bond acceptors (Lipinski definition) is 3. The molecule has 1 aromatic carbocycles. The van der Waals surface area contributed by atoms with Crippen molar-refractivity contribution in [1.82, 2.24) is 10.6 Å². The van der Waals surface area contributed by atoms with E-state index >= 15 is 0 Å². The lowest BCUT2D eigenvalue weighted by atomic mass is 10.1. The summed E-state index contributed by atoms with van der Waals surface area (Å²) in [6.07, 6.45) is 3.86. The molecule has 1 aliphatic heterocycles. The van der Waals surface area contributed by atoms with Gasteiger partial charge in [0.15, 0.2) is 0 Å². The van der Waals surface area contributed by atoms with Crippen LogP contribution in [-0.4, -0.2) is 32.3 Å². The van der Waals surface area contributed by atoms with E-state index in [9.17, 15) is 0 Å². The quantitative estimate of drug-likeness (QED) is 0.839. The van der Waals surface area contributed by atoms with Crippen molar-refractivity contribution in [3.05, 3.63) is 34.9 Å². The van der Waals surface area contributed by atoms with Crippen molar-refractivity contribution in [3.8, 4) is 0 Å². The zero-order chi connectivity index (χ0) is 12.2. The van der Waals surface area contributed by atoms with E-state index in [1.807, 2.05) is 0 Å². The van der Waals surface area contributed by atoms with Gasteiger partial charge in [0.1, 0.15) is 0 Å². The minimum absolute atomic E-state index is 0.466. The Morgan fingerprint density at radius 2 is 2.22 bits per heavy atom. The number of morpholine rings is 1. The van der Waals surface area contributed by atoms with Crippen molar-refractivity contribution in [2.75, 3.05) is 26.3 Å². The van der Waals surface area contributed by atoms with Gasteiger partial charge in [0.2, 0.25) is 0 Å². The minimum atomic E-state index is 0.466. The van der Waals surface area contributed by atoms with Crippen LogP contribution in [0.2, 0.25) is 0 Å². The van der Waals surface area contributed by atoms with Gasteiger partial charge in [0.25, 0.3) is 0 Å². The van der Waals surface area contributed by atoms with Gasteiger partial charge in [-0.3, -0.25) is 0 Å². The predicted molar refractivity (Wildman–Crippen MR) is 72.8 cm³/mol. The summed E-state index contributed by atoms with van der Waals surface area (Å²) in [6, 6.07) is 7.41. The van der Waals surface area contributed by atoms with Gasteiger partial charge < -0.3 is 15.4 Å². The Kier molecular flexibility index (Phi) is 3.93. The maximum Gasteiger partial charge on any atom is 0.0632 e. The average molecular weight is 246 g/mol. The normalized spacial score (nSPS) is 23.0. The maximum absolute atomic E-state index is 5.44. The molecule has 1 aliphatic carbocycles. The molecule has 1 saturated heterocycles. The van der Waals surface area contributed by atoms with Crippen molar-refractivity contribution < 1.29 is 4.74 Å². The standard InChI is InChI=1S/C15H22N2O/c1-2-13-5-4-12(8-14(13)3-1)9-16-10-15-11-18-7-6-17-15/h4-5,8,15-17H,1-3,6-7,9-11H2. The van der Waals surface area contributed by atoms with Gasteiger partial charge in [-0.05, 0) is 36.0 Å². The SMILES string of the molecule is c1cc2c(cc1CNCC1COCCN1)CCC2. The molecule has 0 bridgehead atoms. The Labute approximate surface area is 109 Å². The lowest BCUT2D eigenvalue weighted by molar-refractivity contribution is 0.0766. The first-order valence-electron chi connectivity index (χ1n) is 7.04. The van der Waals surface area contributed by atoms with E-state index in [1.54, 1.807) is 11.1 Å². The van der Waals surface area contributed by atoms with Crippen molar-refractivity contribution in [1.29, 1.82) is 0 Å². The zero-order valence-corrected chi connectivity index (χ0v) is 10.9. The molecule has 1 unspecified atom stereocenters. The summed E-state index contributed by atoms with van der Waals surface area (Å²) < 4.78 is 5.44. The number of benzene rings is 1. The Morgan fingerprint density at radius 1 is 1.28 bits per heavy atom. The first-order valence-corrected chi connectivity index (χ1v) is 7.04. The summed E-state index contributed by atoms with van der Waals surface area (Å²) in [4.78, 5) is 0. The van der Waals surface area contributed by atoms with Crippen LogP contribution < -0.4 is 10.6 Å². The Bertz CT molecular complexity index is 399. The smallest absolute Gasteiger partial charge is 0.0632 e. The monoisotopic (exact) mass is 246 g/mol. The predicted octanol–water partition coefficient (Wildman–Crippen LogP) is 1.25. The number of ether oxygens (including phenoxy) is 1. The van der Waals surface area contributed by atoms with Crippen LogP contribution in [0, 0.1) is 0 Å². The second-order valence-corrected chi connectivity index (χ2v) is 5.31. The summed E-state index contributed by atoms with van der Waals surface area (Å²) >= 11 is 0. The number of nitrogens with one attached hydrogen (secondary N) is 2. The third kappa shape index (κ3) is 2.91. The fraction of sp³-hybridized carbons (Fsp3) is 0.600. The number of fused-ring (bicyclic) bond motifs is 1. The molecule has 0 aromatic heterocycles. The van der Waals surface area contributed by atoms with Crippen LogP contribution in [0.5, 0.6) is 0 Å². The molecule has 3 heteroatoms. The van der Waals surface area contributed by atoms with Gasteiger partial charge in [0.05, 0.1) is 13.2 Å². The summed E-state index contributed by atoms with van der Waals surface area (Å²) in [5.74, 6) is 0. The molecule has 0 radical (unpaired) electrons. The van der Waals surface area contributed by atoms with Crippen LogP contribution in [-0.2, 0) is 24.1 Å². The molecule has 1 heterocycles. The second kappa shape index (κ2) is 5.83. The maximum atomic E-state index is 5.44. The lowest BCUT2D eigenvalue weighted by Gasteiger charge is -2.24. The van der Waals surface area contributed by atoms with Gasteiger partial charge >= 0.3 is 0 Å². The first-order chi connectivity index (χ1) is 8.92. The largest absolute Gasteiger partial charge is 0.378 e. The summed E-state index contributed by atoms with van der Waals surface area (Å²) in [5, 5.41) is 6.98. The lowest BCUT2D eigenvalue weighted by Crippen LogP contribution is -2.47. The van der Waals surface area contributed by atoms with E-state index in [0.29, 0.717) is 6.04 Å². The summed E-state index contributed by atoms with van der Waals surface area (Å²) in [6.45, 7) is 4.60. The molecule has 2 aliphatic rings. The second-order valence-electron chi connectivity index (χ2n) is 5.31. The Hall–Kier alpha value is -0.900. The Morgan fingerprint density at radius 3 is 3.11 bits per heavy atom. The van der Waals surface area contributed by atoms with E-state index in [-0.39, 0.29) is 0 Å². The molecule has 1 aromatic rings. The third-order valence-corrected chi connectivity index (χ3v) is 3.88. The number of aryl methyl sites for hydroxylation is 2. The van der Waals surface area contributed by atoms with Crippen LogP contribution in [0.3, 0.4) is 0 Å². The van der Waals surface area contributed by atoms with E-state index < -0.39 is 0 Å². The first kappa shape index (κ1) is 12.2. The average Bonchev–Trinajstić information content (AvgIpc) is 2.87. The summed E-state index contributed by atoms with van der Waals surface area (Å²) in [7, 11) is 0. The van der Waals surface area contributed by atoms with E-state index in [1.165, 1.54) is 24.8 Å². The summed E-state index contributed by atoms with van der Waals surface area (Å²) in [5.41, 5.74) is 4.53. The van der Waals surface area contributed by atoms with E-state index in [4.69, 9.17) is 4.74 Å². The third-order valence-electron chi connectivity index (χ3n) is 3.88. The van der Waals surface area contributed by atoms with Crippen molar-refractivity contribution in [2.24, 2.45) is 0 Å². The molecule has 0 amide bonds. The molecular formula is C15H22N2O. The molecule has 1 atom stereocenters. The zero-order valence-electron chi connectivity index (χ0n) is 10.9. The molecule has 18 heavy (non-hydrogen) atoms. The topological polar surface area (TPSA) is 33.3 Å². The molecule has 3 nitrogen and oxygen atoms in total. The number of rotatable bonds is 4. The fourth-order valence-electron chi connectivity index (χ4n) is 2.88. The van der Waals surface area contributed by atoms with Crippen molar-refractivity contribution >= 4 is 0 Å². The highest BCUT2D eigenvalue weighted by Crippen LogP contribution is 2.22. The molecule has 0 saturated carbocycles.